The van der Waals surface area contributed by atoms with Gasteiger partial charge < -0.3 is 19.3 Å². The highest BCUT2D eigenvalue weighted by Gasteiger charge is 2.28. The molecule has 0 spiro atoms. The van der Waals surface area contributed by atoms with Gasteiger partial charge in [0, 0.05) is 56.8 Å². The smallest absolute Gasteiger partial charge is 0.257 e. The Kier molecular flexibility index (Phi) is 6.54. The van der Waals surface area contributed by atoms with Gasteiger partial charge in [0.2, 0.25) is 0 Å². The van der Waals surface area contributed by atoms with E-state index in [-0.39, 0.29) is 5.91 Å². The lowest BCUT2D eigenvalue weighted by molar-refractivity contribution is 0.0628. The first-order valence-corrected chi connectivity index (χ1v) is 12.0. The zero-order valence-corrected chi connectivity index (χ0v) is 20.0. The van der Waals surface area contributed by atoms with Gasteiger partial charge in [0.1, 0.15) is 17.3 Å². The molecule has 3 heterocycles. The van der Waals surface area contributed by atoms with Crippen molar-refractivity contribution in [2.24, 2.45) is 0 Å². The van der Waals surface area contributed by atoms with Crippen LogP contribution in [0.3, 0.4) is 0 Å². The number of hydrogen-bond donors (Lipinski definition) is 0. The number of amides is 1. The number of pyridine rings is 1. The molecule has 0 atom stereocenters. The second-order valence-corrected chi connectivity index (χ2v) is 8.99. The van der Waals surface area contributed by atoms with Crippen LogP contribution in [0.15, 0.2) is 48.5 Å². The molecule has 0 saturated carbocycles. The third-order valence-electron chi connectivity index (χ3n) is 6.88. The van der Waals surface area contributed by atoms with Crippen LogP contribution < -0.4 is 14.4 Å². The molecule has 34 heavy (non-hydrogen) atoms. The third-order valence-corrected chi connectivity index (χ3v) is 6.88. The Hall–Kier alpha value is -3.32. The molecule has 2 aromatic carbocycles. The van der Waals surface area contributed by atoms with Gasteiger partial charge in [-0.2, -0.15) is 0 Å². The van der Waals surface area contributed by atoms with Gasteiger partial charge in [-0.3, -0.25) is 9.69 Å². The molecule has 0 N–H and O–H groups in total. The standard InChI is InChI=1S/C27H32N4O3/c1-33-22-9-10-25(34-2)21(17-22)19-29-13-15-31(16-14-29)27(32)23-18-20-7-3-4-8-24(20)28-26(23)30-11-5-6-12-30/h3-4,7-10,17-18H,5-6,11-16,19H2,1-2H3. The monoisotopic (exact) mass is 460 g/mol. The van der Waals surface area contributed by atoms with E-state index in [9.17, 15) is 4.79 Å². The summed E-state index contributed by atoms with van der Waals surface area (Å²) in [5, 5.41) is 1.01. The molecular weight excluding hydrogens is 428 g/mol. The number of nitrogens with zero attached hydrogens (tertiary/aromatic N) is 4. The molecule has 2 aliphatic heterocycles. The first-order valence-electron chi connectivity index (χ1n) is 12.0. The zero-order valence-electron chi connectivity index (χ0n) is 20.0. The Bertz CT molecular complexity index is 1170. The number of piperazine rings is 1. The van der Waals surface area contributed by atoms with Crippen LogP contribution in [0.5, 0.6) is 11.5 Å². The number of carbonyl (C=O) groups is 1. The quantitative estimate of drug-likeness (QED) is 0.558. The minimum atomic E-state index is 0.0822. The van der Waals surface area contributed by atoms with Gasteiger partial charge in [0.05, 0.1) is 25.3 Å². The topological polar surface area (TPSA) is 58.1 Å². The van der Waals surface area contributed by atoms with Gasteiger partial charge in [-0.25, -0.2) is 4.98 Å². The second kappa shape index (κ2) is 9.89. The zero-order chi connectivity index (χ0) is 23.5. The lowest BCUT2D eigenvalue weighted by atomic mass is 10.1. The van der Waals surface area contributed by atoms with Crippen molar-refractivity contribution in [3.63, 3.8) is 0 Å². The first kappa shape index (κ1) is 22.5. The summed E-state index contributed by atoms with van der Waals surface area (Å²) >= 11 is 0. The van der Waals surface area contributed by atoms with Gasteiger partial charge in [-0.15, -0.1) is 0 Å². The maximum atomic E-state index is 13.7. The number of fused-ring (bicyclic) bond motifs is 1. The van der Waals surface area contributed by atoms with Crippen LogP contribution in [0.25, 0.3) is 10.9 Å². The lowest BCUT2D eigenvalue weighted by Crippen LogP contribution is -2.48. The van der Waals surface area contributed by atoms with Gasteiger partial charge in [-0.05, 0) is 43.2 Å². The van der Waals surface area contributed by atoms with E-state index >= 15 is 0 Å². The molecule has 5 rings (SSSR count). The first-order chi connectivity index (χ1) is 16.7. The van der Waals surface area contributed by atoms with Crippen LogP contribution in [-0.2, 0) is 6.54 Å². The Morgan fingerprint density at radius 1 is 0.912 bits per heavy atom. The summed E-state index contributed by atoms with van der Waals surface area (Å²) in [6, 6.07) is 16.0. The number of ether oxygens (including phenoxy) is 2. The third kappa shape index (κ3) is 4.53. The van der Waals surface area contributed by atoms with Crippen molar-refractivity contribution in [1.82, 2.24) is 14.8 Å². The maximum absolute atomic E-state index is 13.7. The average Bonchev–Trinajstić information content (AvgIpc) is 3.43. The highest BCUT2D eigenvalue weighted by Crippen LogP contribution is 2.29. The molecule has 1 aromatic heterocycles. The van der Waals surface area contributed by atoms with Crippen LogP contribution in [-0.4, -0.2) is 74.2 Å². The van der Waals surface area contributed by atoms with Crippen molar-refractivity contribution in [3.05, 3.63) is 59.7 Å². The Morgan fingerprint density at radius 2 is 1.68 bits per heavy atom. The van der Waals surface area contributed by atoms with Gasteiger partial charge in [0.15, 0.2) is 0 Å². The second-order valence-electron chi connectivity index (χ2n) is 8.99. The minimum Gasteiger partial charge on any atom is -0.497 e. The van der Waals surface area contributed by atoms with Crippen LogP contribution in [0.4, 0.5) is 5.82 Å². The van der Waals surface area contributed by atoms with E-state index in [1.807, 2.05) is 53.4 Å². The average molecular weight is 461 g/mol. The molecular formula is C27H32N4O3. The van der Waals surface area contributed by atoms with Crippen molar-refractivity contribution >= 4 is 22.6 Å². The van der Waals surface area contributed by atoms with Gasteiger partial charge >= 0.3 is 0 Å². The van der Waals surface area contributed by atoms with E-state index in [0.29, 0.717) is 13.1 Å². The number of rotatable bonds is 6. The van der Waals surface area contributed by atoms with E-state index in [4.69, 9.17) is 14.5 Å². The summed E-state index contributed by atoms with van der Waals surface area (Å²) < 4.78 is 10.9. The molecule has 7 heteroatoms. The van der Waals surface area contributed by atoms with Crippen molar-refractivity contribution in [3.8, 4) is 11.5 Å². The number of aromatic nitrogens is 1. The number of methoxy groups -OCH3 is 2. The molecule has 1 amide bonds. The van der Waals surface area contributed by atoms with E-state index in [0.717, 1.165) is 84.9 Å². The number of carbonyl (C=O) groups excluding carboxylic acids is 1. The fraction of sp³-hybridized carbons (Fsp3) is 0.407. The molecule has 2 aliphatic rings. The molecule has 0 radical (unpaired) electrons. The highest BCUT2D eigenvalue weighted by molar-refractivity contribution is 6.02. The highest BCUT2D eigenvalue weighted by atomic mass is 16.5. The summed E-state index contributed by atoms with van der Waals surface area (Å²) in [5.41, 5.74) is 2.76. The molecule has 3 aromatic rings. The largest absolute Gasteiger partial charge is 0.497 e. The predicted octanol–water partition coefficient (Wildman–Crippen LogP) is 3.81. The molecule has 2 saturated heterocycles. The van der Waals surface area contributed by atoms with E-state index < -0.39 is 0 Å². The molecule has 0 aliphatic carbocycles. The molecule has 7 nitrogen and oxygen atoms in total. The van der Waals surface area contributed by atoms with Crippen LogP contribution >= 0.6 is 0 Å². The summed E-state index contributed by atoms with van der Waals surface area (Å²) in [4.78, 5) is 25.2. The Balaban J connectivity index is 1.32. The predicted molar refractivity (Wildman–Crippen MR) is 134 cm³/mol. The van der Waals surface area contributed by atoms with E-state index in [1.54, 1.807) is 14.2 Å². The Labute approximate surface area is 200 Å². The lowest BCUT2D eigenvalue weighted by Gasteiger charge is -2.35. The molecule has 178 valence electrons. The minimum absolute atomic E-state index is 0.0822. The fourth-order valence-electron chi connectivity index (χ4n) is 4.96. The maximum Gasteiger partial charge on any atom is 0.257 e. The van der Waals surface area contributed by atoms with Crippen molar-refractivity contribution < 1.29 is 14.3 Å². The van der Waals surface area contributed by atoms with Crippen molar-refractivity contribution in [2.75, 3.05) is 58.4 Å². The number of benzene rings is 2. The number of hydrogen-bond acceptors (Lipinski definition) is 6. The van der Waals surface area contributed by atoms with E-state index in [1.165, 1.54) is 0 Å². The van der Waals surface area contributed by atoms with E-state index in [2.05, 4.69) is 9.80 Å². The van der Waals surface area contributed by atoms with Crippen LogP contribution in [0.2, 0.25) is 0 Å². The van der Waals surface area contributed by atoms with Crippen molar-refractivity contribution in [1.29, 1.82) is 0 Å². The van der Waals surface area contributed by atoms with Crippen LogP contribution in [0.1, 0.15) is 28.8 Å². The summed E-state index contributed by atoms with van der Waals surface area (Å²) in [6.07, 6.45) is 2.29. The number of anilines is 1. The summed E-state index contributed by atoms with van der Waals surface area (Å²) in [7, 11) is 3.37. The number of para-hydroxylation sites is 1. The van der Waals surface area contributed by atoms with Crippen molar-refractivity contribution in [2.45, 2.75) is 19.4 Å². The summed E-state index contributed by atoms with van der Waals surface area (Å²) in [5.74, 6) is 2.60. The Morgan fingerprint density at radius 3 is 2.41 bits per heavy atom. The molecule has 2 fully saturated rings. The molecule has 0 unspecified atom stereocenters. The normalized spacial score (nSPS) is 16.8. The van der Waals surface area contributed by atoms with Gasteiger partial charge in [-0.1, -0.05) is 18.2 Å². The summed E-state index contributed by atoms with van der Waals surface area (Å²) in [6.45, 7) is 5.69. The van der Waals surface area contributed by atoms with Gasteiger partial charge in [0.25, 0.3) is 5.91 Å². The molecule has 0 bridgehead atoms. The van der Waals surface area contributed by atoms with Crippen LogP contribution in [0, 0.1) is 0 Å². The fourth-order valence-corrected chi connectivity index (χ4v) is 4.96. The SMILES string of the molecule is COc1ccc(OC)c(CN2CCN(C(=O)c3cc4ccccc4nc3N3CCCC3)CC2)c1.